The Kier molecular flexibility index (Phi) is 2.56. The van der Waals surface area contributed by atoms with Crippen LogP contribution in [0.1, 0.15) is 0 Å². The van der Waals surface area contributed by atoms with Crippen LogP contribution in [0.3, 0.4) is 0 Å². The van der Waals surface area contributed by atoms with E-state index in [0.717, 1.165) is 0 Å². The highest BCUT2D eigenvalue weighted by Crippen LogP contribution is 1.73. The first-order valence-corrected chi connectivity index (χ1v) is 2.45. The van der Waals surface area contributed by atoms with Crippen LogP contribution in [0, 0.1) is 0 Å². The lowest BCUT2D eigenvalue weighted by atomic mass is 10.1. The normalized spacial score (nSPS) is 7.40. The molecular weight excluding hydrogens is 131 g/mol. The molecule has 0 aromatic rings. The van der Waals surface area contributed by atoms with Crippen LogP contribution in [0.4, 0.5) is 0 Å². The van der Waals surface area contributed by atoms with Gasteiger partial charge < -0.3 is 4.79 Å². The Morgan fingerprint density at radius 3 is 2.20 bits per heavy atom. The van der Waals surface area contributed by atoms with Gasteiger partial charge in [0.05, 0.1) is 11.0 Å². The highest BCUT2D eigenvalue weighted by Gasteiger charge is 1.79. The van der Waals surface area contributed by atoms with Gasteiger partial charge in [-0.15, -0.1) is 0 Å². The third-order valence-electron chi connectivity index (χ3n) is 0.188. The molecule has 0 unspecified atom stereocenters. The van der Waals surface area contributed by atoms with Crippen molar-refractivity contribution in [3.8, 4) is 0 Å². The molecule has 0 saturated carbocycles. The van der Waals surface area contributed by atoms with Crippen molar-refractivity contribution in [2.45, 2.75) is 0 Å². The third-order valence-corrected chi connectivity index (χ3v) is 0.978. The summed E-state index contributed by atoms with van der Waals surface area (Å²) in [5, 5.41) is 0.479. The van der Waals surface area contributed by atoms with E-state index >= 15 is 0 Å². The second kappa shape index (κ2) is 2.45. The van der Waals surface area contributed by atoms with Gasteiger partial charge in [-0.3, -0.25) is 0 Å². The number of halogens is 1. The first kappa shape index (κ1) is 5.21. The van der Waals surface area contributed by atoms with E-state index in [9.17, 15) is 4.79 Å². The zero-order valence-electron chi connectivity index (χ0n) is 2.99. The number of alkyl halides is 1. The Bertz CT molecular complexity index is 44.9. The molecule has 0 atom stereocenters. The van der Waals surface area contributed by atoms with E-state index in [-0.39, 0.29) is 5.68 Å². The summed E-state index contributed by atoms with van der Waals surface area (Å²) in [4.78, 5) is 9.77. The highest BCUT2D eigenvalue weighted by molar-refractivity contribution is 9.09. The molecule has 0 aromatic carbocycles. The number of hydrogen-bond donors (Lipinski definition) is 0. The summed E-state index contributed by atoms with van der Waals surface area (Å²) in [5.74, 6) is 0. The number of rotatable bonds is 1. The average molecular weight is 135 g/mol. The lowest BCUT2D eigenvalue weighted by Gasteiger charge is -1.69. The van der Waals surface area contributed by atoms with Crippen LogP contribution >= 0.6 is 15.9 Å². The van der Waals surface area contributed by atoms with Gasteiger partial charge in [0.15, 0.2) is 7.85 Å². The van der Waals surface area contributed by atoms with Gasteiger partial charge in [0.1, 0.15) is 0 Å². The Balaban J connectivity index is 2.85. The van der Waals surface area contributed by atoms with Crippen molar-refractivity contribution in [3.63, 3.8) is 0 Å². The molecular formula is C2H4BBrO. The maximum atomic E-state index is 9.77. The molecule has 0 aliphatic rings. The quantitative estimate of drug-likeness (QED) is 0.351. The van der Waals surface area contributed by atoms with Crippen LogP contribution in [0.15, 0.2) is 0 Å². The van der Waals surface area contributed by atoms with Gasteiger partial charge >= 0.3 is 0 Å². The maximum absolute atomic E-state index is 9.77. The molecule has 5 heavy (non-hydrogen) atoms. The van der Waals surface area contributed by atoms with Crippen LogP contribution < -0.4 is 0 Å². The number of hydrogen-bond acceptors (Lipinski definition) is 1. The minimum Gasteiger partial charge on any atom is -0.311 e. The van der Waals surface area contributed by atoms with E-state index in [0.29, 0.717) is 5.33 Å². The fourth-order valence-corrected chi connectivity index (χ4v) is 0. The van der Waals surface area contributed by atoms with Gasteiger partial charge in [0.25, 0.3) is 0 Å². The first-order valence-electron chi connectivity index (χ1n) is 1.32. The van der Waals surface area contributed by atoms with Crippen molar-refractivity contribution in [1.29, 1.82) is 0 Å². The van der Waals surface area contributed by atoms with Crippen LogP contribution in [0.25, 0.3) is 0 Å². The largest absolute Gasteiger partial charge is 0.311 e. The fraction of sp³-hybridized carbons (Fsp3) is 0.500. The lowest BCUT2D eigenvalue weighted by molar-refractivity contribution is -0.109. The molecule has 0 radical (unpaired) electrons. The highest BCUT2D eigenvalue weighted by atomic mass is 79.9. The minimum atomic E-state index is 0.171. The van der Waals surface area contributed by atoms with Crippen molar-refractivity contribution < 1.29 is 4.79 Å². The van der Waals surface area contributed by atoms with Gasteiger partial charge in [-0.05, 0) is 0 Å². The molecule has 0 spiro atoms. The van der Waals surface area contributed by atoms with E-state index in [1.807, 2.05) is 0 Å². The monoisotopic (exact) mass is 134 g/mol. The predicted octanol–water partition coefficient (Wildman–Crippen LogP) is -0.459. The summed E-state index contributed by atoms with van der Waals surface area (Å²) in [6.45, 7) is 0. The smallest absolute Gasteiger partial charge is 0.188 e. The van der Waals surface area contributed by atoms with Crippen LogP contribution in [0.2, 0.25) is 0 Å². The average Bonchev–Trinajstić information content (AvgIpc) is 1.38. The molecule has 3 heteroatoms. The molecule has 28 valence electrons. The minimum absolute atomic E-state index is 0.171. The van der Waals surface area contributed by atoms with Crippen molar-refractivity contribution >= 4 is 29.5 Å². The summed E-state index contributed by atoms with van der Waals surface area (Å²) in [6.07, 6.45) is 0. The lowest BCUT2D eigenvalue weighted by Crippen LogP contribution is -1.93. The molecule has 0 bridgehead atoms. The molecule has 1 nitrogen and oxygen atoms in total. The van der Waals surface area contributed by atoms with Crippen LogP contribution in [-0.4, -0.2) is 18.9 Å². The van der Waals surface area contributed by atoms with Crippen molar-refractivity contribution in [2.24, 2.45) is 0 Å². The molecule has 0 aromatic heterocycles. The molecule has 0 saturated heterocycles. The maximum Gasteiger partial charge on any atom is 0.188 e. The van der Waals surface area contributed by atoms with Crippen molar-refractivity contribution in [3.05, 3.63) is 0 Å². The number of carbonyl (C=O) groups excluding carboxylic acids is 1. The van der Waals surface area contributed by atoms with E-state index < -0.39 is 0 Å². The first-order chi connectivity index (χ1) is 2.27. The Morgan fingerprint density at radius 1 is 2.00 bits per heavy atom. The summed E-state index contributed by atoms with van der Waals surface area (Å²) in [7, 11) is 1.54. The van der Waals surface area contributed by atoms with Crippen LogP contribution in [0.5, 0.6) is 0 Å². The molecule has 0 aliphatic heterocycles. The number of carbonyl (C=O) groups is 1. The summed E-state index contributed by atoms with van der Waals surface area (Å²) in [5.41, 5.74) is 0.171. The summed E-state index contributed by atoms with van der Waals surface area (Å²) in [6, 6.07) is 0. The van der Waals surface area contributed by atoms with E-state index in [2.05, 4.69) is 15.9 Å². The molecule has 0 fully saturated rings. The molecule has 0 rings (SSSR count). The predicted molar refractivity (Wildman–Crippen MR) is 27.3 cm³/mol. The standard InChI is InChI=1S/C2H4BBrO/c3-2(5)1-4/h1,3H2. The zero-order valence-corrected chi connectivity index (χ0v) is 4.58. The van der Waals surface area contributed by atoms with Gasteiger partial charge in [-0.2, -0.15) is 0 Å². The zero-order chi connectivity index (χ0) is 4.28. The van der Waals surface area contributed by atoms with E-state index in [1.54, 1.807) is 0 Å². The summed E-state index contributed by atoms with van der Waals surface area (Å²) >= 11 is 2.96. The van der Waals surface area contributed by atoms with Gasteiger partial charge in [-0.25, -0.2) is 0 Å². The molecule has 0 N–H and O–H groups in total. The van der Waals surface area contributed by atoms with Crippen molar-refractivity contribution in [2.75, 3.05) is 5.33 Å². The Morgan fingerprint density at radius 2 is 2.20 bits per heavy atom. The Hall–Kier alpha value is 0.215. The van der Waals surface area contributed by atoms with Gasteiger partial charge in [0.2, 0.25) is 0 Å². The Labute approximate surface area is 40.3 Å². The second-order valence-electron chi connectivity index (χ2n) is 0.836. The third kappa shape index (κ3) is 4.21. The fourth-order valence-electron chi connectivity index (χ4n) is 0. The van der Waals surface area contributed by atoms with Crippen LogP contribution in [-0.2, 0) is 4.79 Å². The van der Waals surface area contributed by atoms with E-state index in [4.69, 9.17) is 0 Å². The molecule has 0 heterocycles. The SMILES string of the molecule is BC(=O)CBr. The van der Waals surface area contributed by atoms with E-state index in [1.165, 1.54) is 7.85 Å². The topological polar surface area (TPSA) is 17.1 Å². The van der Waals surface area contributed by atoms with Gasteiger partial charge in [0, 0.05) is 0 Å². The molecule has 0 amide bonds. The second-order valence-corrected chi connectivity index (χ2v) is 1.40. The molecule has 0 aliphatic carbocycles. The summed E-state index contributed by atoms with van der Waals surface area (Å²) < 4.78 is 0. The van der Waals surface area contributed by atoms with Gasteiger partial charge in [-0.1, -0.05) is 15.9 Å². The van der Waals surface area contributed by atoms with Crippen molar-refractivity contribution in [1.82, 2.24) is 0 Å².